The summed E-state index contributed by atoms with van der Waals surface area (Å²) in [5, 5.41) is 0.900. The highest BCUT2D eigenvalue weighted by Gasteiger charge is 2.33. The fourth-order valence-electron chi connectivity index (χ4n) is 1.13. The second kappa shape index (κ2) is 2.90. The number of benzene rings is 1. The molecule has 0 spiro atoms. The molecule has 2 rings (SSSR count). The Morgan fingerprint density at radius 3 is 2.45 bits per heavy atom. The van der Waals surface area contributed by atoms with Crippen LogP contribution in [0.5, 0.6) is 0 Å². The third kappa shape index (κ3) is 1.78. The zero-order chi connectivity index (χ0) is 7.68. The van der Waals surface area contributed by atoms with Crippen LogP contribution in [0.25, 0.3) is 0 Å². The normalized spacial score (nSPS) is 28.5. The molecular weight excluding hydrogens is 152 g/mol. The summed E-state index contributed by atoms with van der Waals surface area (Å²) in [6.07, 6.45) is 1.40. The molecule has 0 amide bonds. The van der Waals surface area contributed by atoms with E-state index in [1.807, 2.05) is 11.8 Å². The maximum atomic E-state index is 2.32. The first-order valence-corrected chi connectivity index (χ1v) is 4.96. The van der Waals surface area contributed by atoms with Crippen molar-refractivity contribution in [3.8, 4) is 0 Å². The first-order chi connectivity index (χ1) is 5.36. The summed E-state index contributed by atoms with van der Waals surface area (Å²) < 4.78 is 0. The van der Waals surface area contributed by atoms with Crippen LogP contribution < -0.4 is 0 Å². The molecule has 0 saturated heterocycles. The van der Waals surface area contributed by atoms with E-state index in [1.165, 1.54) is 11.3 Å². The van der Waals surface area contributed by atoms with Gasteiger partial charge in [-0.05, 0) is 24.5 Å². The van der Waals surface area contributed by atoms with Crippen LogP contribution in [0.1, 0.15) is 13.3 Å². The van der Waals surface area contributed by atoms with Gasteiger partial charge < -0.3 is 0 Å². The molecule has 2 atom stereocenters. The van der Waals surface area contributed by atoms with Crippen LogP contribution in [0, 0.1) is 5.92 Å². The molecule has 1 fully saturated rings. The van der Waals surface area contributed by atoms with Gasteiger partial charge in [0.25, 0.3) is 0 Å². The van der Waals surface area contributed by atoms with E-state index >= 15 is 0 Å². The number of hydrogen-bond donors (Lipinski definition) is 0. The van der Waals surface area contributed by atoms with Gasteiger partial charge in [0.05, 0.1) is 0 Å². The van der Waals surface area contributed by atoms with Crippen molar-refractivity contribution in [3.05, 3.63) is 30.3 Å². The minimum atomic E-state index is 0.900. The largest absolute Gasteiger partial charge is 0.122 e. The summed E-state index contributed by atoms with van der Waals surface area (Å²) in [5.41, 5.74) is 0. The van der Waals surface area contributed by atoms with E-state index < -0.39 is 0 Å². The zero-order valence-electron chi connectivity index (χ0n) is 6.66. The number of thioether (sulfide) groups is 1. The molecule has 1 aromatic rings. The maximum absolute atomic E-state index is 2.32. The van der Waals surface area contributed by atoms with Gasteiger partial charge in [-0.3, -0.25) is 0 Å². The quantitative estimate of drug-likeness (QED) is 0.647. The molecule has 0 aromatic heterocycles. The molecule has 1 saturated carbocycles. The van der Waals surface area contributed by atoms with Gasteiger partial charge in [-0.2, -0.15) is 0 Å². The van der Waals surface area contributed by atoms with Crippen molar-refractivity contribution in [1.82, 2.24) is 0 Å². The van der Waals surface area contributed by atoms with Crippen molar-refractivity contribution < 1.29 is 0 Å². The highest BCUT2D eigenvalue weighted by atomic mass is 32.2. The van der Waals surface area contributed by atoms with E-state index in [4.69, 9.17) is 0 Å². The SMILES string of the molecule is C[C@@H]1C[C@H]1Sc1ccccc1. The highest BCUT2D eigenvalue weighted by molar-refractivity contribution is 8.00. The lowest BCUT2D eigenvalue weighted by Crippen LogP contribution is -1.76. The molecule has 11 heavy (non-hydrogen) atoms. The fraction of sp³-hybridized carbons (Fsp3) is 0.400. The van der Waals surface area contributed by atoms with Crippen molar-refractivity contribution in [2.45, 2.75) is 23.5 Å². The van der Waals surface area contributed by atoms with Crippen LogP contribution in [0.4, 0.5) is 0 Å². The Labute approximate surface area is 72.0 Å². The molecule has 0 aliphatic heterocycles. The average molecular weight is 164 g/mol. The molecule has 58 valence electrons. The van der Waals surface area contributed by atoms with Gasteiger partial charge in [-0.25, -0.2) is 0 Å². The standard InChI is InChI=1S/C10H12S/c1-8-7-10(8)11-9-5-3-2-4-6-9/h2-6,8,10H,7H2,1H3/t8-,10-/m1/s1. The Hall–Kier alpha value is -0.430. The van der Waals surface area contributed by atoms with Crippen LogP contribution in [0.3, 0.4) is 0 Å². The molecule has 1 aliphatic rings. The second-order valence-corrected chi connectivity index (χ2v) is 4.49. The Morgan fingerprint density at radius 1 is 1.27 bits per heavy atom. The van der Waals surface area contributed by atoms with Gasteiger partial charge in [0.15, 0.2) is 0 Å². The predicted octanol–water partition coefficient (Wildman–Crippen LogP) is 3.19. The van der Waals surface area contributed by atoms with Crippen LogP contribution >= 0.6 is 11.8 Å². The number of rotatable bonds is 2. The molecule has 0 nitrogen and oxygen atoms in total. The molecule has 0 bridgehead atoms. The highest BCUT2D eigenvalue weighted by Crippen LogP contribution is 2.44. The van der Waals surface area contributed by atoms with Gasteiger partial charge in [0.2, 0.25) is 0 Å². The maximum Gasteiger partial charge on any atom is 0.0123 e. The van der Waals surface area contributed by atoms with Crippen LogP contribution in [0.15, 0.2) is 35.2 Å². The molecule has 0 heterocycles. The molecule has 0 unspecified atom stereocenters. The number of hydrogen-bond acceptors (Lipinski definition) is 1. The minimum absolute atomic E-state index is 0.900. The summed E-state index contributed by atoms with van der Waals surface area (Å²) in [6, 6.07) is 10.7. The minimum Gasteiger partial charge on any atom is -0.122 e. The average Bonchev–Trinajstić information content (AvgIpc) is 2.69. The van der Waals surface area contributed by atoms with Crippen molar-refractivity contribution in [3.63, 3.8) is 0 Å². The molecule has 0 radical (unpaired) electrons. The third-order valence-electron chi connectivity index (χ3n) is 2.07. The van der Waals surface area contributed by atoms with Crippen molar-refractivity contribution in [1.29, 1.82) is 0 Å². The lowest BCUT2D eigenvalue weighted by molar-refractivity contribution is 0.987. The summed E-state index contributed by atoms with van der Waals surface area (Å²) in [4.78, 5) is 1.42. The summed E-state index contributed by atoms with van der Waals surface area (Å²) in [5.74, 6) is 0.945. The Balaban J connectivity index is 1.97. The first-order valence-electron chi connectivity index (χ1n) is 4.08. The smallest absolute Gasteiger partial charge is 0.0123 e. The van der Waals surface area contributed by atoms with Crippen LogP contribution in [-0.4, -0.2) is 5.25 Å². The molecule has 1 aliphatic carbocycles. The summed E-state index contributed by atoms with van der Waals surface area (Å²) in [7, 11) is 0. The summed E-state index contributed by atoms with van der Waals surface area (Å²) in [6.45, 7) is 2.32. The van der Waals surface area contributed by atoms with Gasteiger partial charge in [0.1, 0.15) is 0 Å². The van der Waals surface area contributed by atoms with E-state index in [0.29, 0.717) is 0 Å². The van der Waals surface area contributed by atoms with E-state index in [-0.39, 0.29) is 0 Å². The van der Waals surface area contributed by atoms with Gasteiger partial charge in [-0.15, -0.1) is 11.8 Å². The Bertz CT molecular complexity index is 230. The monoisotopic (exact) mass is 164 g/mol. The molecule has 1 heteroatoms. The second-order valence-electron chi connectivity index (χ2n) is 3.18. The predicted molar refractivity (Wildman–Crippen MR) is 49.9 cm³/mol. The van der Waals surface area contributed by atoms with Crippen LogP contribution in [-0.2, 0) is 0 Å². The van der Waals surface area contributed by atoms with Crippen molar-refractivity contribution in [2.24, 2.45) is 5.92 Å². The van der Waals surface area contributed by atoms with E-state index in [2.05, 4.69) is 37.3 Å². The third-order valence-corrected chi connectivity index (χ3v) is 3.57. The molecular formula is C10H12S. The Kier molecular flexibility index (Phi) is 1.91. The molecule has 1 aromatic carbocycles. The van der Waals surface area contributed by atoms with Gasteiger partial charge >= 0.3 is 0 Å². The van der Waals surface area contributed by atoms with E-state index in [9.17, 15) is 0 Å². The fourth-order valence-corrected chi connectivity index (χ4v) is 2.42. The lowest BCUT2D eigenvalue weighted by atomic mass is 10.4. The summed E-state index contributed by atoms with van der Waals surface area (Å²) >= 11 is 2.02. The Morgan fingerprint density at radius 2 is 1.91 bits per heavy atom. The van der Waals surface area contributed by atoms with E-state index in [0.717, 1.165) is 11.2 Å². The van der Waals surface area contributed by atoms with Gasteiger partial charge in [0, 0.05) is 10.1 Å². The van der Waals surface area contributed by atoms with Crippen molar-refractivity contribution >= 4 is 11.8 Å². The first kappa shape index (κ1) is 7.23. The van der Waals surface area contributed by atoms with Crippen molar-refractivity contribution in [2.75, 3.05) is 0 Å². The van der Waals surface area contributed by atoms with Crippen LogP contribution in [0.2, 0.25) is 0 Å². The molecule has 0 N–H and O–H groups in total. The zero-order valence-corrected chi connectivity index (χ0v) is 7.47. The topological polar surface area (TPSA) is 0 Å². The lowest BCUT2D eigenvalue weighted by Gasteiger charge is -1.96. The van der Waals surface area contributed by atoms with E-state index in [1.54, 1.807) is 0 Å². The van der Waals surface area contributed by atoms with Gasteiger partial charge in [-0.1, -0.05) is 25.1 Å².